The van der Waals surface area contributed by atoms with Crippen LogP contribution in [-0.4, -0.2) is 39.1 Å². The van der Waals surface area contributed by atoms with Gasteiger partial charge in [0, 0.05) is 11.6 Å². The molecule has 2 aromatic carbocycles. The summed E-state index contributed by atoms with van der Waals surface area (Å²) >= 11 is 0. The van der Waals surface area contributed by atoms with Gasteiger partial charge in [-0.1, -0.05) is 62.4 Å². The van der Waals surface area contributed by atoms with Gasteiger partial charge in [-0.25, -0.2) is 9.59 Å². The summed E-state index contributed by atoms with van der Waals surface area (Å²) in [6.45, 7) is 5.60. The predicted octanol–water partition coefficient (Wildman–Crippen LogP) is 4.39. The van der Waals surface area contributed by atoms with Gasteiger partial charge in [-0.3, -0.25) is 4.68 Å². The molecule has 7 nitrogen and oxygen atoms in total. The van der Waals surface area contributed by atoms with Gasteiger partial charge in [0.2, 0.25) is 0 Å². The molecule has 33 heavy (non-hydrogen) atoms. The molecular formula is C26H29N3O4. The molecule has 1 heterocycles. The maximum Gasteiger partial charge on any atom is 0.408 e. The fourth-order valence-electron chi connectivity index (χ4n) is 4.43. The Kier molecular flexibility index (Phi) is 6.22. The van der Waals surface area contributed by atoms with Crippen LogP contribution in [0.3, 0.4) is 0 Å². The van der Waals surface area contributed by atoms with Gasteiger partial charge in [-0.15, -0.1) is 0 Å². The Morgan fingerprint density at radius 2 is 1.67 bits per heavy atom. The normalized spacial score (nSPS) is 14.3. The summed E-state index contributed by atoms with van der Waals surface area (Å²) in [5.41, 5.74) is 4.72. The first-order valence-electron chi connectivity index (χ1n) is 11.3. The third-order valence-electron chi connectivity index (χ3n) is 6.30. The molecule has 3 aromatic rings. The van der Waals surface area contributed by atoms with Gasteiger partial charge >= 0.3 is 12.1 Å². The fourth-order valence-corrected chi connectivity index (χ4v) is 4.43. The van der Waals surface area contributed by atoms with Crippen molar-refractivity contribution in [2.45, 2.75) is 51.6 Å². The van der Waals surface area contributed by atoms with Gasteiger partial charge in [0.05, 0.1) is 12.2 Å². The van der Waals surface area contributed by atoms with Crippen LogP contribution < -0.4 is 5.32 Å². The molecule has 1 amide bonds. The average molecular weight is 448 g/mol. The molecule has 0 aliphatic heterocycles. The maximum atomic E-state index is 12.7. The van der Waals surface area contributed by atoms with Gasteiger partial charge in [0.25, 0.3) is 0 Å². The lowest BCUT2D eigenvalue weighted by atomic mass is 9.98. The molecule has 1 aliphatic rings. The molecule has 0 saturated heterocycles. The lowest BCUT2D eigenvalue weighted by Gasteiger charge is -2.27. The van der Waals surface area contributed by atoms with Gasteiger partial charge in [0.1, 0.15) is 6.61 Å². The Bertz CT molecular complexity index is 1140. The summed E-state index contributed by atoms with van der Waals surface area (Å²) in [4.78, 5) is 24.8. The number of nitrogens with zero attached hydrogens (tertiary/aromatic N) is 2. The second-order valence-corrected chi connectivity index (χ2v) is 8.58. The van der Waals surface area contributed by atoms with Crippen molar-refractivity contribution in [3.8, 4) is 11.1 Å². The molecule has 0 saturated carbocycles. The Hall–Kier alpha value is -3.61. The van der Waals surface area contributed by atoms with Gasteiger partial charge in [0.15, 0.2) is 5.54 Å². The second-order valence-electron chi connectivity index (χ2n) is 8.58. The zero-order chi connectivity index (χ0) is 23.6. The minimum Gasteiger partial charge on any atom is -0.479 e. The van der Waals surface area contributed by atoms with E-state index in [1.165, 1.54) is 6.92 Å². The van der Waals surface area contributed by atoms with E-state index >= 15 is 0 Å². The summed E-state index contributed by atoms with van der Waals surface area (Å²) in [7, 11) is 0. The number of hydrogen-bond acceptors (Lipinski definition) is 4. The van der Waals surface area contributed by atoms with Crippen LogP contribution in [-0.2, 0) is 28.9 Å². The number of alkyl carbamates (subject to hydrolysis) is 1. The first kappa shape index (κ1) is 22.6. The van der Waals surface area contributed by atoms with Gasteiger partial charge in [-0.2, -0.15) is 5.10 Å². The molecule has 1 aromatic heterocycles. The lowest BCUT2D eigenvalue weighted by Crippen LogP contribution is -2.55. The Balaban J connectivity index is 1.48. The molecule has 0 fully saturated rings. The molecule has 0 radical (unpaired) electrons. The molecular weight excluding hydrogens is 418 g/mol. The molecule has 2 N–H and O–H groups in total. The van der Waals surface area contributed by atoms with E-state index in [0.717, 1.165) is 40.1 Å². The molecule has 1 aliphatic carbocycles. The summed E-state index contributed by atoms with van der Waals surface area (Å²) in [6, 6.07) is 18.1. The third-order valence-corrected chi connectivity index (χ3v) is 6.30. The van der Waals surface area contributed by atoms with Crippen LogP contribution in [0.2, 0.25) is 0 Å². The first-order valence-corrected chi connectivity index (χ1v) is 11.3. The van der Waals surface area contributed by atoms with Crippen molar-refractivity contribution in [2.24, 2.45) is 0 Å². The number of hydrogen-bond donors (Lipinski definition) is 2. The Morgan fingerprint density at radius 3 is 2.21 bits per heavy atom. The zero-order valence-corrected chi connectivity index (χ0v) is 19.2. The van der Waals surface area contributed by atoms with E-state index in [2.05, 4.69) is 22.5 Å². The van der Waals surface area contributed by atoms with Crippen molar-refractivity contribution in [3.63, 3.8) is 0 Å². The lowest BCUT2D eigenvalue weighted by molar-refractivity contribution is -0.144. The number of carboxylic acid groups (broad SMARTS) is 1. The number of aliphatic carboxylic acids is 1. The number of amides is 1. The minimum absolute atomic E-state index is 0.00963. The van der Waals surface area contributed by atoms with Crippen LogP contribution in [0.4, 0.5) is 4.79 Å². The number of fused-ring (bicyclic) bond motifs is 3. The zero-order valence-electron chi connectivity index (χ0n) is 19.2. The maximum absolute atomic E-state index is 12.7. The summed E-state index contributed by atoms with van der Waals surface area (Å²) in [5.74, 6) is -1.24. The number of aryl methyl sites for hydroxylation is 2. The molecule has 172 valence electrons. The van der Waals surface area contributed by atoms with Crippen LogP contribution in [0.25, 0.3) is 11.1 Å². The van der Waals surface area contributed by atoms with Crippen molar-refractivity contribution in [1.29, 1.82) is 0 Å². The summed E-state index contributed by atoms with van der Waals surface area (Å²) in [5, 5.41) is 17.0. The Morgan fingerprint density at radius 1 is 1.06 bits per heavy atom. The predicted molar refractivity (Wildman–Crippen MR) is 125 cm³/mol. The van der Waals surface area contributed by atoms with E-state index in [1.807, 2.05) is 56.3 Å². The number of nitrogens with one attached hydrogen (secondary N) is 1. The number of carbonyl (C=O) groups excluding carboxylic acids is 1. The van der Waals surface area contributed by atoms with Crippen molar-refractivity contribution in [3.05, 3.63) is 77.1 Å². The largest absolute Gasteiger partial charge is 0.479 e. The van der Waals surface area contributed by atoms with E-state index in [0.29, 0.717) is 6.42 Å². The number of carbonyl (C=O) groups is 2. The smallest absolute Gasteiger partial charge is 0.408 e. The van der Waals surface area contributed by atoms with Crippen LogP contribution in [0.15, 0.2) is 54.6 Å². The summed E-state index contributed by atoms with van der Waals surface area (Å²) in [6.07, 6.45) is 0.708. The SMILES string of the molecule is CCc1cc(CC)n(CC(C)(NC(=O)OCC2c3ccccc3-c3ccccc32)C(=O)O)n1. The highest BCUT2D eigenvalue weighted by molar-refractivity contribution is 5.84. The molecule has 1 atom stereocenters. The fraction of sp³-hybridized carbons (Fsp3) is 0.346. The van der Waals surface area contributed by atoms with Crippen LogP contribution >= 0.6 is 0 Å². The number of ether oxygens (including phenoxy) is 1. The number of benzene rings is 2. The standard InChI is InChI=1S/C26H29N3O4/c1-4-17-14-18(5-2)29(28-17)16-26(3,24(30)31)27-25(32)33-15-23-21-12-8-6-10-19(21)20-11-7-9-13-22(20)23/h6-14,23H,4-5,15-16H2,1-3H3,(H,27,32)(H,30,31). The highest BCUT2D eigenvalue weighted by Gasteiger charge is 2.38. The van der Waals surface area contributed by atoms with Gasteiger partial charge < -0.3 is 15.2 Å². The van der Waals surface area contributed by atoms with E-state index in [4.69, 9.17) is 4.74 Å². The van der Waals surface area contributed by atoms with E-state index in [1.54, 1.807) is 4.68 Å². The van der Waals surface area contributed by atoms with Crippen molar-refractivity contribution in [1.82, 2.24) is 15.1 Å². The highest BCUT2D eigenvalue weighted by atomic mass is 16.5. The number of rotatable bonds is 8. The van der Waals surface area contributed by atoms with E-state index < -0.39 is 17.6 Å². The number of carboxylic acids is 1. The monoisotopic (exact) mass is 447 g/mol. The van der Waals surface area contributed by atoms with Crippen LogP contribution in [0, 0.1) is 0 Å². The molecule has 4 rings (SSSR count). The molecule has 0 spiro atoms. The quantitative estimate of drug-likeness (QED) is 0.534. The van der Waals surface area contributed by atoms with Gasteiger partial charge in [-0.05, 0) is 48.1 Å². The summed E-state index contributed by atoms with van der Waals surface area (Å²) < 4.78 is 7.23. The van der Waals surface area contributed by atoms with Crippen LogP contribution in [0.1, 0.15) is 49.2 Å². The molecule has 1 unspecified atom stereocenters. The first-order chi connectivity index (χ1) is 15.9. The van der Waals surface area contributed by atoms with E-state index in [-0.39, 0.29) is 19.1 Å². The number of aromatic nitrogens is 2. The minimum atomic E-state index is -1.57. The Labute approximate surface area is 193 Å². The molecule has 0 bridgehead atoms. The highest BCUT2D eigenvalue weighted by Crippen LogP contribution is 2.44. The van der Waals surface area contributed by atoms with Crippen molar-refractivity contribution in [2.75, 3.05) is 6.61 Å². The second kappa shape index (κ2) is 9.10. The van der Waals surface area contributed by atoms with Crippen molar-refractivity contribution >= 4 is 12.1 Å². The average Bonchev–Trinajstić information content (AvgIpc) is 3.35. The third kappa shape index (κ3) is 4.35. The van der Waals surface area contributed by atoms with Crippen molar-refractivity contribution < 1.29 is 19.4 Å². The molecule has 7 heteroatoms. The van der Waals surface area contributed by atoms with E-state index in [9.17, 15) is 14.7 Å². The van der Waals surface area contributed by atoms with Crippen LogP contribution in [0.5, 0.6) is 0 Å². The topological polar surface area (TPSA) is 93.5 Å².